The van der Waals surface area contributed by atoms with Gasteiger partial charge in [0, 0.05) is 10.9 Å². The molecule has 0 amide bonds. The third-order valence-electron chi connectivity index (χ3n) is 6.98. The number of nitrogens with zero attached hydrogens (tertiary/aromatic N) is 4. The Morgan fingerprint density at radius 1 is 0.526 bits per heavy atom. The maximum Gasteiger partial charge on any atom is 0.184 e. The van der Waals surface area contributed by atoms with Crippen molar-refractivity contribution in [2.75, 3.05) is 0 Å². The standard InChI is InChI=1S/C33H25BrN4/c34-24-25-14-10-11-21-29(25)30-22-12-13-23-31(30)32-35-36-37-38(32)33(26-15-4-1-5-16-26,27-17-6-2-7-18-27)28-19-8-3-9-20-28/h1-23H,24H2. The summed E-state index contributed by atoms with van der Waals surface area (Å²) in [5, 5.41) is 14.4. The number of halogens is 1. The second-order valence-corrected chi connectivity index (χ2v) is 9.62. The number of rotatable bonds is 7. The summed E-state index contributed by atoms with van der Waals surface area (Å²) in [6.07, 6.45) is 0. The molecule has 0 N–H and O–H groups in total. The van der Waals surface area contributed by atoms with Crippen LogP contribution in [0.4, 0.5) is 0 Å². The summed E-state index contributed by atoms with van der Waals surface area (Å²) in [7, 11) is 0. The number of hydrogen-bond donors (Lipinski definition) is 0. The van der Waals surface area contributed by atoms with Crippen molar-refractivity contribution in [1.29, 1.82) is 0 Å². The zero-order valence-corrected chi connectivity index (χ0v) is 22.2. The van der Waals surface area contributed by atoms with Gasteiger partial charge in [0.1, 0.15) is 5.54 Å². The molecule has 0 aliphatic rings. The summed E-state index contributed by atoms with van der Waals surface area (Å²) in [4.78, 5) is 0. The fourth-order valence-corrected chi connectivity index (χ4v) is 5.79. The van der Waals surface area contributed by atoms with E-state index in [0.717, 1.165) is 38.7 Å². The Balaban J connectivity index is 1.70. The van der Waals surface area contributed by atoms with E-state index < -0.39 is 5.54 Å². The van der Waals surface area contributed by atoms with E-state index in [4.69, 9.17) is 5.21 Å². The summed E-state index contributed by atoms with van der Waals surface area (Å²) in [5.41, 5.74) is 6.83. The average molecular weight is 557 g/mol. The van der Waals surface area contributed by atoms with Gasteiger partial charge in [0.25, 0.3) is 0 Å². The monoisotopic (exact) mass is 556 g/mol. The molecule has 0 spiro atoms. The van der Waals surface area contributed by atoms with Crippen LogP contribution in [0.25, 0.3) is 22.5 Å². The van der Waals surface area contributed by atoms with Crippen molar-refractivity contribution in [2.24, 2.45) is 0 Å². The van der Waals surface area contributed by atoms with E-state index in [2.05, 4.69) is 142 Å². The van der Waals surface area contributed by atoms with E-state index in [1.54, 1.807) is 0 Å². The normalized spacial score (nSPS) is 11.4. The van der Waals surface area contributed by atoms with E-state index in [0.29, 0.717) is 5.82 Å². The lowest BCUT2D eigenvalue weighted by atomic mass is 9.77. The van der Waals surface area contributed by atoms with Gasteiger partial charge in [-0.1, -0.05) is 155 Å². The summed E-state index contributed by atoms with van der Waals surface area (Å²) >= 11 is 3.67. The zero-order valence-electron chi connectivity index (χ0n) is 20.7. The first-order valence-electron chi connectivity index (χ1n) is 12.5. The van der Waals surface area contributed by atoms with Crippen LogP contribution in [-0.4, -0.2) is 20.2 Å². The Morgan fingerprint density at radius 3 is 1.50 bits per heavy atom. The smallest absolute Gasteiger partial charge is 0.184 e. The highest BCUT2D eigenvalue weighted by Crippen LogP contribution is 2.43. The Kier molecular flexibility index (Phi) is 6.67. The first-order valence-corrected chi connectivity index (χ1v) is 13.6. The summed E-state index contributed by atoms with van der Waals surface area (Å²) < 4.78 is 1.99. The van der Waals surface area contributed by atoms with Gasteiger partial charge in [0.2, 0.25) is 0 Å². The fraction of sp³-hybridized carbons (Fsp3) is 0.0606. The molecule has 38 heavy (non-hydrogen) atoms. The van der Waals surface area contributed by atoms with Gasteiger partial charge in [-0.05, 0) is 43.8 Å². The first kappa shape index (κ1) is 24.0. The third-order valence-corrected chi connectivity index (χ3v) is 7.59. The van der Waals surface area contributed by atoms with Crippen molar-refractivity contribution >= 4 is 15.9 Å². The maximum atomic E-state index is 4.72. The average Bonchev–Trinajstić information content (AvgIpc) is 3.49. The van der Waals surface area contributed by atoms with E-state index in [1.165, 1.54) is 5.56 Å². The number of aromatic nitrogens is 4. The van der Waals surface area contributed by atoms with E-state index in [9.17, 15) is 0 Å². The number of benzene rings is 5. The highest BCUT2D eigenvalue weighted by Gasteiger charge is 2.42. The van der Waals surface area contributed by atoms with Crippen LogP contribution in [0.3, 0.4) is 0 Å². The van der Waals surface area contributed by atoms with Crippen LogP contribution in [0.2, 0.25) is 0 Å². The van der Waals surface area contributed by atoms with Crippen LogP contribution in [0.15, 0.2) is 140 Å². The molecule has 1 heterocycles. The first-order chi connectivity index (χ1) is 18.8. The molecule has 6 aromatic rings. The lowest BCUT2D eigenvalue weighted by molar-refractivity contribution is 0.451. The summed E-state index contributed by atoms with van der Waals surface area (Å²) in [6, 6.07) is 48.2. The summed E-state index contributed by atoms with van der Waals surface area (Å²) in [5.74, 6) is 0.696. The predicted molar refractivity (Wildman–Crippen MR) is 156 cm³/mol. The van der Waals surface area contributed by atoms with Gasteiger partial charge in [-0.15, -0.1) is 5.10 Å². The van der Waals surface area contributed by atoms with Crippen LogP contribution in [-0.2, 0) is 10.9 Å². The number of alkyl halides is 1. The number of tetrazole rings is 1. The van der Waals surface area contributed by atoms with Gasteiger partial charge < -0.3 is 0 Å². The lowest BCUT2D eigenvalue weighted by Gasteiger charge is -2.36. The second-order valence-electron chi connectivity index (χ2n) is 9.06. The van der Waals surface area contributed by atoms with E-state index in [-0.39, 0.29) is 0 Å². The molecule has 0 radical (unpaired) electrons. The highest BCUT2D eigenvalue weighted by molar-refractivity contribution is 9.08. The van der Waals surface area contributed by atoms with Gasteiger partial charge in [0.15, 0.2) is 5.82 Å². The molecule has 0 saturated heterocycles. The predicted octanol–water partition coefficient (Wildman–Crippen LogP) is 7.74. The lowest BCUT2D eigenvalue weighted by Crippen LogP contribution is -2.39. The molecule has 0 fully saturated rings. The largest absolute Gasteiger partial charge is 0.205 e. The van der Waals surface area contributed by atoms with Crippen molar-refractivity contribution in [3.8, 4) is 22.5 Å². The molecule has 1 aromatic heterocycles. The third kappa shape index (κ3) is 4.05. The molecule has 0 aliphatic carbocycles. The SMILES string of the molecule is BrCc1ccccc1-c1ccccc1-c1nnnn1C(c1ccccc1)(c1ccccc1)c1ccccc1. The molecule has 0 atom stereocenters. The molecular formula is C33H25BrN4. The zero-order chi connectivity index (χ0) is 25.8. The van der Waals surface area contributed by atoms with Crippen molar-refractivity contribution in [3.05, 3.63) is 162 Å². The quantitative estimate of drug-likeness (QED) is 0.149. The minimum atomic E-state index is -0.801. The van der Waals surface area contributed by atoms with E-state index in [1.807, 2.05) is 28.9 Å². The molecule has 6 rings (SSSR count). The molecule has 5 heteroatoms. The van der Waals surface area contributed by atoms with Crippen molar-refractivity contribution in [3.63, 3.8) is 0 Å². The van der Waals surface area contributed by atoms with Crippen molar-refractivity contribution < 1.29 is 0 Å². The molecule has 0 bridgehead atoms. The molecule has 184 valence electrons. The van der Waals surface area contributed by atoms with Crippen LogP contribution in [0, 0.1) is 0 Å². The van der Waals surface area contributed by atoms with Gasteiger partial charge in [0.05, 0.1) is 0 Å². The van der Waals surface area contributed by atoms with Gasteiger partial charge >= 0.3 is 0 Å². The minimum absolute atomic E-state index is 0.696. The Labute approximate surface area is 230 Å². The van der Waals surface area contributed by atoms with Crippen LogP contribution in [0.5, 0.6) is 0 Å². The van der Waals surface area contributed by atoms with Crippen molar-refractivity contribution in [1.82, 2.24) is 20.2 Å². The molecule has 0 saturated carbocycles. The highest BCUT2D eigenvalue weighted by atomic mass is 79.9. The molecule has 0 aliphatic heterocycles. The van der Waals surface area contributed by atoms with Gasteiger partial charge in [-0.3, -0.25) is 0 Å². The second kappa shape index (κ2) is 10.6. The van der Waals surface area contributed by atoms with Crippen molar-refractivity contribution in [2.45, 2.75) is 10.9 Å². The van der Waals surface area contributed by atoms with Crippen LogP contribution >= 0.6 is 15.9 Å². The maximum absolute atomic E-state index is 4.72. The Morgan fingerprint density at radius 2 is 0.974 bits per heavy atom. The van der Waals surface area contributed by atoms with E-state index >= 15 is 0 Å². The van der Waals surface area contributed by atoms with Crippen LogP contribution in [0.1, 0.15) is 22.3 Å². The summed E-state index contributed by atoms with van der Waals surface area (Å²) in [6.45, 7) is 0. The topological polar surface area (TPSA) is 43.6 Å². The molecular weight excluding hydrogens is 532 g/mol. The molecule has 5 aromatic carbocycles. The number of hydrogen-bond acceptors (Lipinski definition) is 3. The fourth-order valence-electron chi connectivity index (χ4n) is 5.30. The minimum Gasteiger partial charge on any atom is -0.205 e. The van der Waals surface area contributed by atoms with Crippen LogP contribution < -0.4 is 0 Å². The van der Waals surface area contributed by atoms with Gasteiger partial charge in [-0.2, -0.15) is 0 Å². The molecule has 0 unspecified atom stereocenters. The Hall–Kier alpha value is -4.35. The van der Waals surface area contributed by atoms with Gasteiger partial charge in [-0.25, -0.2) is 4.68 Å². The molecule has 4 nitrogen and oxygen atoms in total. The Bertz CT molecular complexity index is 1550.